The third-order valence-electron chi connectivity index (χ3n) is 4.27. The van der Waals surface area contributed by atoms with Crippen LogP contribution in [0.2, 0.25) is 5.02 Å². The average Bonchev–Trinajstić information content (AvgIpc) is 3.10. The van der Waals surface area contributed by atoms with Crippen LogP contribution in [0.3, 0.4) is 0 Å². The first-order chi connectivity index (χ1) is 13.4. The average molecular weight is 423 g/mol. The number of sulfonamides is 1. The number of hydrogen-bond donors (Lipinski definition) is 1. The largest absolute Gasteiger partial charge is 0.456 e. The van der Waals surface area contributed by atoms with Crippen molar-refractivity contribution in [1.82, 2.24) is 4.72 Å². The molecule has 0 saturated heterocycles. The summed E-state index contributed by atoms with van der Waals surface area (Å²) < 4.78 is 31.6. The Morgan fingerprint density at radius 3 is 2.71 bits per heavy atom. The maximum absolute atomic E-state index is 12.3. The summed E-state index contributed by atoms with van der Waals surface area (Å²) in [5, 5.41) is 0.296. The van der Waals surface area contributed by atoms with Crippen molar-refractivity contribution in [2.45, 2.75) is 17.7 Å². The highest BCUT2D eigenvalue weighted by atomic mass is 35.5. The van der Waals surface area contributed by atoms with E-state index < -0.39 is 16.0 Å². The van der Waals surface area contributed by atoms with E-state index in [4.69, 9.17) is 16.3 Å². The minimum absolute atomic E-state index is 0.0104. The van der Waals surface area contributed by atoms with Crippen LogP contribution in [0.4, 0.5) is 5.69 Å². The normalized spacial score (nSPS) is 13.2. The molecule has 1 N–H and O–H groups in total. The molecule has 0 aromatic heterocycles. The molecule has 2 aromatic carbocycles. The molecule has 0 saturated carbocycles. The van der Waals surface area contributed by atoms with Crippen molar-refractivity contribution in [1.29, 1.82) is 0 Å². The predicted octanol–water partition coefficient (Wildman–Crippen LogP) is 2.14. The number of ether oxygens (including phenoxy) is 1. The molecule has 1 aliphatic heterocycles. The summed E-state index contributed by atoms with van der Waals surface area (Å²) in [6.45, 7) is 0.0256. The Kier molecular flexibility index (Phi) is 6.33. The molecular formula is C19H19ClN2O5S. The van der Waals surface area contributed by atoms with Gasteiger partial charge >= 0.3 is 5.97 Å². The Hall–Kier alpha value is -2.42. The molecular weight excluding hydrogens is 404 g/mol. The number of fused-ring (bicyclic) bond motifs is 1. The summed E-state index contributed by atoms with van der Waals surface area (Å²) in [5.74, 6) is -0.965. The lowest BCUT2D eigenvalue weighted by Crippen LogP contribution is -2.33. The lowest BCUT2D eigenvalue weighted by Gasteiger charge is -2.17. The van der Waals surface area contributed by atoms with E-state index in [1.54, 1.807) is 11.0 Å². The van der Waals surface area contributed by atoms with Gasteiger partial charge in [-0.05, 0) is 36.2 Å². The van der Waals surface area contributed by atoms with Gasteiger partial charge in [0.15, 0.2) is 6.61 Å². The van der Waals surface area contributed by atoms with Gasteiger partial charge in [-0.3, -0.25) is 9.59 Å². The first kappa shape index (κ1) is 20.3. The van der Waals surface area contributed by atoms with Crippen LogP contribution >= 0.6 is 11.6 Å². The van der Waals surface area contributed by atoms with Gasteiger partial charge in [0, 0.05) is 23.8 Å². The van der Waals surface area contributed by atoms with Gasteiger partial charge in [-0.25, -0.2) is 13.1 Å². The molecule has 1 amide bonds. The van der Waals surface area contributed by atoms with Gasteiger partial charge in [-0.2, -0.15) is 0 Å². The Bertz CT molecular complexity index is 993. The molecule has 1 heterocycles. The number of hydrogen-bond acceptors (Lipinski definition) is 5. The Labute approximate surface area is 168 Å². The van der Waals surface area contributed by atoms with Crippen LogP contribution in [0, 0.1) is 0 Å². The molecule has 0 atom stereocenters. The quantitative estimate of drug-likeness (QED) is 0.690. The summed E-state index contributed by atoms with van der Waals surface area (Å²) in [6.07, 6.45) is 0.574. The summed E-state index contributed by atoms with van der Waals surface area (Å²) in [7, 11) is -3.77. The molecule has 7 nitrogen and oxygen atoms in total. The van der Waals surface area contributed by atoms with E-state index in [0.29, 0.717) is 11.6 Å². The van der Waals surface area contributed by atoms with Gasteiger partial charge in [0.2, 0.25) is 10.0 Å². The maximum atomic E-state index is 12.3. The van der Waals surface area contributed by atoms with Crippen molar-refractivity contribution in [3.8, 4) is 0 Å². The highest BCUT2D eigenvalue weighted by Crippen LogP contribution is 2.27. The third-order valence-corrected chi connectivity index (χ3v) is 5.97. The van der Waals surface area contributed by atoms with E-state index in [1.807, 2.05) is 24.3 Å². The molecule has 28 heavy (non-hydrogen) atoms. The first-order valence-electron chi connectivity index (χ1n) is 8.66. The molecule has 148 valence electrons. The summed E-state index contributed by atoms with van der Waals surface area (Å²) in [6, 6.07) is 13.4. The third kappa shape index (κ3) is 4.89. The topological polar surface area (TPSA) is 92.8 Å². The zero-order chi connectivity index (χ0) is 20.1. The van der Waals surface area contributed by atoms with Crippen LogP contribution in [0.15, 0.2) is 53.4 Å². The molecule has 1 aliphatic rings. The van der Waals surface area contributed by atoms with E-state index in [1.165, 1.54) is 18.2 Å². The number of rotatable bonds is 7. The van der Waals surface area contributed by atoms with Crippen molar-refractivity contribution < 1.29 is 22.7 Å². The molecule has 0 bridgehead atoms. The fraction of sp³-hybridized carbons (Fsp3) is 0.263. The number of halogens is 1. The van der Waals surface area contributed by atoms with Crippen LogP contribution in [0.1, 0.15) is 12.0 Å². The zero-order valence-corrected chi connectivity index (χ0v) is 16.5. The SMILES string of the molecule is O=C(CCNS(=O)(=O)c1cccc(Cl)c1)OCC(=O)N1CCc2ccccc21. The smallest absolute Gasteiger partial charge is 0.307 e. The van der Waals surface area contributed by atoms with Gasteiger partial charge in [-0.15, -0.1) is 0 Å². The van der Waals surface area contributed by atoms with E-state index in [2.05, 4.69) is 4.72 Å². The van der Waals surface area contributed by atoms with Crippen LogP contribution in [-0.4, -0.2) is 40.0 Å². The molecule has 0 radical (unpaired) electrons. The molecule has 0 fully saturated rings. The monoisotopic (exact) mass is 422 g/mol. The summed E-state index contributed by atoms with van der Waals surface area (Å²) in [4.78, 5) is 25.7. The second-order valence-electron chi connectivity index (χ2n) is 6.19. The van der Waals surface area contributed by atoms with Crippen LogP contribution < -0.4 is 9.62 Å². The second kappa shape index (κ2) is 8.72. The highest BCUT2D eigenvalue weighted by molar-refractivity contribution is 7.89. The molecule has 0 aliphatic carbocycles. The molecule has 2 aromatic rings. The second-order valence-corrected chi connectivity index (χ2v) is 8.39. The van der Waals surface area contributed by atoms with Gasteiger partial charge in [0.25, 0.3) is 5.91 Å². The fourth-order valence-electron chi connectivity index (χ4n) is 2.89. The number of amides is 1. The van der Waals surface area contributed by atoms with Crippen LogP contribution in [-0.2, 0) is 30.8 Å². The number of carbonyl (C=O) groups excluding carboxylic acids is 2. The zero-order valence-electron chi connectivity index (χ0n) is 14.9. The highest BCUT2D eigenvalue weighted by Gasteiger charge is 2.24. The van der Waals surface area contributed by atoms with E-state index in [-0.39, 0.29) is 30.4 Å². The minimum Gasteiger partial charge on any atom is -0.456 e. The predicted molar refractivity (Wildman–Crippen MR) is 105 cm³/mol. The van der Waals surface area contributed by atoms with Crippen molar-refractivity contribution in [2.75, 3.05) is 24.6 Å². The summed E-state index contributed by atoms with van der Waals surface area (Å²) in [5.41, 5.74) is 1.91. The van der Waals surface area contributed by atoms with Gasteiger partial charge < -0.3 is 9.64 Å². The van der Waals surface area contributed by atoms with Crippen molar-refractivity contribution >= 4 is 39.2 Å². The maximum Gasteiger partial charge on any atom is 0.307 e. The van der Waals surface area contributed by atoms with Crippen LogP contribution in [0.25, 0.3) is 0 Å². The molecule has 0 unspecified atom stereocenters. The van der Waals surface area contributed by atoms with E-state index >= 15 is 0 Å². The number of para-hydroxylation sites is 1. The van der Waals surface area contributed by atoms with Gasteiger partial charge in [0.1, 0.15) is 0 Å². The van der Waals surface area contributed by atoms with Crippen molar-refractivity contribution in [3.63, 3.8) is 0 Å². The lowest BCUT2D eigenvalue weighted by atomic mass is 10.2. The van der Waals surface area contributed by atoms with Crippen LogP contribution in [0.5, 0.6) is 0 Å². The molecule has 3 rings (SSSR count). The number of esters is 1. The summed E-state index contributed by atoms with van der Waals surface area (Å²) >= 11 is 5.79. The number of nitrogens with one attached hydrogen (secondary N) is 1. The number of benzene rings is 2. The lowest BCUT2D eigenvalue weighted by molar-refractivity contribution is -0.147. The van der Waals surface area contributed by atoms with Crippen molar-refractivity contribution in [2.24, 2.45) is 0 Å². The number of anilines is 1. The minimum atomic E-state index is -3.77. The van der Waals surface area contributed by atoms with Crippen molar-refractivity contribution in [3.05, 3.63) is 59.1 Å². The standard InChI is InChI=1S/C19H19ClN2O5S/c20-15-5-3-6-16(12-15)28(25,26)21-10-8-19(24)27-13-18(23)22-11-9-14-4-1-2-7-17(14)22/h1-7,12,21H,8-11,13H2. The van der Waals surface area contributed by atoms with E-state index in [0.717, 1.165) is 17.7 Å². The van der Waals surface area contributed by atoms with E-state index in [9.17, 15) is 18.0 Å². The Balaban J connectivity index is 1.44. The Morgan fingerprint density at radius 1 is 1.14 bits per heavy atom. The number of nitrogens with zero attached hydrogens (tertiary/aromatic N) is 1. The molecule has 0 spiro atoms. The van der Waals surface area contributed by atoms with Gasteiger partial charge in [-0.1, -0.05) is 35.9 Å². The first-order valence-corrected chi connectivity index (χ1v) is 10.5. The number of carbonyl (C=O) groups is 2. The van der Waals surface area contributed by atoms with Gasteiger partial charge in [0.05, 0.1) is 11.3 Å². The Morgan fingerprint density at radius 2 is 1.93 bits per heavy atom. The fourth-order valence-corrected chi connectivity index (χ4v) is 4.23. The molecule has 9 heteroatoms.